The zero-order chi connectivity index (χ0) is 10.3. The number of rotatable bonds is 0. The van der Waals surface area contributed by atoms with Crippen LogP contribution >= 0.6 is 11.3 Å². The van der Waals surface area contributed by atoms with Gasteiger partial charge in [-0.3, -0.25) is 4.79 Å². The largest absolute Gasteiger partial charge is 0.449 e. The minimum absolute atomic E-state index is 0.0398. The number of thiazole rings is 1. The van der Waals surface area contributed by atoms with Crippen molar-refractivity contribution in [2.75, 3.05) is 0 Å². The molecule has 2 heterocycles. The van der Waals surface area contributed by atoms with Crippen LogP contribution in [0.25, 0.3) is 10.3 Å². The Morgan fingerprint density at radius 1 is 1.43 bits per heavy atom. The summed E-state index contributed by atoms with van der Waals surface area (Å²) in [5, 5.41) is 0. The maximum Gasteiger partial charge on any atom is 0.449 e. The van der Waals surface area contributed by atoms with E-state index < -0.39 is 17.6 Å². The van der Waals surface area contributed by atoms with E-state index in [4.69, 9.17) is 0 Å². The first-order valence-corrected chi connectivity index (χ1v) is 4.14. The number of hydrogen-bond donors (Lipinski definition) is 1. The lowest BCUT2D eigenvalue weighted by Crippen LogP contribution is -2.18. The first kappa shape index (κ1) is 9.13. The molecule has 0 amide bonds. The number of H-pyrrole nitrogens is 1. The normalized spacial score (nSPS) is 12.2. The van der Waals surface area contributed by atoms with Crippen LogP contribution < -0.4 is 5.56 Å². The summed E-state index contributed by atoms with van der Waals surface area (Å²) >= 11 is 0.824. The lowest BCUT2D eigenvalue weighted by Gasteiger charge is -2.03. The second-order valence-corrected chi connectivity index (χ2v) is 3.17. The second-order valence-electron chi connectivity index (χ2n) is 2.37. The highest BCUT2D eigenvalue weighted by atomic mass is 32.1. The van der Waals surface area contributed by atoms with Crippen LogP contribution in [0.1, 0.15) is 5.82 Å². The van der Waals surface area contributed by atoms with Crippen molar-refractivity contribution in [2.24, 2.45) is 0 Å². The summed E-state index contributed by atoms with van der Waals surface area (Å²) in [5.74, 6) is -1.34. The Balaban J connectivity index is 2.77. The van der Waals surface area contributed by atoms with Gasteiger partial charge in [-0.2, -0.15) is 13.2 Å². The smallest absolute Gasteiger partial charge is 0.302 e. The summed E-state index contributed by atoms with van der Waals surface area (Å²) in [6.45, 7) is 0. The van der Waals surface area contributed by atoms with E-state index in [1.54, 1.807) is 4.98 Å². The molecule has 0 fully saturated rings. The summed E-state index contributed by atoms with van der Waals surface area (Å²) in [6.07, 6.45) is -4.67. The molecule has 0 aromatic carbocycles. The molecule has 1 N–H and O–H groups in total. The van der Waals surface area contributed by atoms with Gasteiger partial charge >= 0.3 is 6.18 Å². The van der Waals surface area contributed by atoms with Gasteiger partial charge in [-0.15, -0.1) is 11.3 Å². The number of nitrogens with zero attached hydrogens (tertiary/aromatic N) is 2. The molecule has 0 saturated carbocycles. The monoisotopic (exact) mass is 220 g/mol. The van der Waals surface area contributed by atoms with Gasteiger partial charge in [0.25, 0.3) is 5.56 Å². The molecule has 4 nitrogen and oxygen atoms in total. The number of alkyl halides is 3. The van der Waals surface area contributed by atoms with Gasteiger partial charge in [0, 0.05) is 0 Å². The van der Waals surface area contributed by atoms with Gasteiger partial charge in [-0.05, 0) is 0 Å². The van der Waals surface area contributed by atoms with Gasteiger partial charge in [0.1, 0.15) is 4.70 Å². The third kappa shape index (κ3) is 1.37. The van der Waals surface area contributed by atoms with Gasteiger partial charge in [-0.1, -0.05) is 0 Å². The number of halogens is 3. The fraction of sp³-hybridized carbons (Fsp3) is 0.167. The fourth-order valence-electron chi connectivity index (χ4n) is 0.864. The topological polar surface area (TPSA) is 58.6 Å². The summed E-state index contributed by atoms with van der Waals surface area (Å²) < 4.78 is 36.4. The summed E-state index contributed by atoms with van der Waals surface area (Å²) in [7, 11) is 0. The zero-order valence-electron chi connectivity index (χ0n) is 6.34. The molecule has 0 aliphatic rings. The Kier molecular flexibility index (Phi) is 1.81. The Bertz CT molecular complexity index is 529. The lowest BCUT2D eigenvalue weighted by molar-refractivity contribution is -0.144. The van der Waals surface area contributed by atoms with Crippen molar-refractivity contribution in [3.63, 3.8) is 0 Å². The minimum Gasteiger partial charge on any atom is -0.302 e. The minimum atomic E-state index is -4.67. The van der Waals surface area contributed by atoms with Crippen LogP contribution in [0.2, 0.25) is 0 Å². The van der Waals surface area contributed by atoms with Crippen molar-refractivity contribution in [3.8, 4) is 0 Å². The van der Waals surface area contributed by atoms with E-state index in [9.17, 15) is 18.0 Å². The summed E-state index contributed by atoms with van der Waals surface area (Å²) in [5.41, 5.74) is 1.22. The molecule has 0 aliphatic heterocycles. The molecule has 0 unspecified atom stereocenters. The standard InChI is InChI=1S/C6HF3N3OS/c7-6(8,9)5-11-3-2(4(13)12-5)14-1-10-3/h(H,11,12,13). The molecule has 0 aliphatic carbocycles. The number of aromatic nitrogens is 3. The van der Waals surface area contributed by atoms with E-state index >= 15 is 0 Å². The molecule has 73 valence electrons. The van der Waals surface area contributed by atoms with Crippen molar-refractivity contribution in [1.82, 2.24) is 15.0 Å². The maximum absolute atomic E-state index is 12.1. The summed E-state index contributed by atoms with van der Waals surface area (Å²) in [6, 6.07) is 0. The average molecular weight is 220 g/mol. The SMILES string of the molecule is O=c1[nH]c(C(F)(F)F)nc2n[c]sc12. The van der Waals surface area contributed by atoms with E-state index in [1.165, 1.54) is 0 Å². The molecule has 8 heteroatoms. The highest BCUT2D eigenvalue weighted by Crippen LogP contribution is 2.26. The first-order chi connectivity index (χ1) is 6.48. The van der Waals surface area contributed by atoms with Crippen molar-refractivity contribution in [2.45, 2.75) is 6.18 Å². The van der Waals surface area contributed by atoms with Gasteiger partial charge in [-0.25, -0.2) is 9.97 Å². The third-order valence-electron chi connectivity index (χ3n) is 1.43. The Hall–Kier alpha value is -1.44. The van der Waals surface area contributed by atoms with Crippen LogP contribution in [0.15, 0.2) is 4.79 Å². The van der Waals surface area contributed by atoms with Crippen molar-refractivity contribution in [3.05, 3.63) is 21.7 Å². The third-order valence-corrected chi connectivity index (χ3v) is 2.18. The number of nitrogens with one attached hydrogen (secondary N) is 1. The molecule has 0 spiro atoms. The molecule has 0 atom stereocenters. The van der Waals surface area contributed by atoms with E-state index in [0.29, 0.717) is 0 Å². The molecular formula is C6HF3N3OS. The fourth-order valence-corrected chi connectivity index (χ4v) is 1.41. The lowest BCUT2D eigenvalue weighted by atomic mass is 10.5. The van der Waals surface area contributed by atoms with Crippen molar-refractivity contribution < 1.29 is 13.2 Å². The molecule has 0 bridgehead atoms. The quantitative estimate of drug-likeness (QED) is 0.725. The van der Waals surface area contributed by atoms with Crippen molar-refractivity contribution >= 4 is 21.7 Å². The predicted octanol–water partition coefficient (Wildman–Crippen LogP) is 1.20. The molecule has 14 heavy (non-hydrogen) atoms. The summed E-state index contributed by atoms with van der Waals surface area (Å²) in [4.78, 5) is 19.3. The maximum atomic E-state index is 12.1. The highest BCUT2D eigenvalue weighted by molar-refractivity contribution is 7.16. The van der Waals surface area contributed by atoms with Crippen LogP contribution in [0.5, 0.6) is 0 Å². The van der Waals surface area contributed by atoms with Gasteiger partial charge < -0.3 is 4.98 Å². The van der Waals surface area contributed by atoms with Crippen LogP contribution in [0.4, 0.5) is 13.2 Å². The number of fused-ring (bicyclic) bond motifs is 1. The van der Waals surface area contributed by atoms with E-state index in [1.807, 2.05) is 0 Å². The van der Waals surface area contributed by atoms with Crippen LogP contribution in [-0.2, 0) is 6.18 Å². The van der Waals surface area contributed by atoms with E-state index in [0.717, 1.165) is 11.3 Å². The Morgan fingerprint density at radius 3 is 2.79 bits per heavy atom. The van der Waals surface area contributed by atoms with Crippen LogP contribution in [0.3, 0.4) is 0 Å². The number of aromatic amines is 1. The Morgan fingerprint density at radius 2 is 2.14 bits per heavy atom. The molecule has 2 aromatic heterocycles. The zero-order valence-corrected chi connectivity index (χ0v) is 7.16. The van der Waals surface area contributed by atoms with Gasteiger partial charge in [0.2, 0.25) is 5.82 Å². The molecular weight excluding hydrogens is 219 g/mol. The molecule has 2 rings (SSSR count). The van der Waals surface area contributed by atoms with Crippen LogP contribution in [-0.4, -0.2) is 15.0 Å². The van der Waals surface area contributed by atoms with E-state index in [2.05, 4.69) is 15.5 Å². The number of hydrogen-bond acceptors (Lipinski definition) is 4. The second kappa shape index (κ2) is 2.77. The molecule has 0 saturated heterocycles. The Labute approximate surface area is 78.4 Å². The predicted molar refractivity (Wildman–Crippen MR) is 41.9 cm³/mol. The van der Waals surface area contributed by atoms with Gasteiger partial charge in [0.15, 0.2) is 11.2 Å². The van der Waals surface area contributed by atoms with Gasteiger partial charge in [0.05, 0.1) is 0 Å². The van der Waals surface area contributed by atoms with E-state index in [-0.39, 0.29) is 10.3 Å². The molecule has 2 aromatic rings. The molecule has 1 radical (unpaired) electrons. The first-order valence-electron chi connectivity index (χ1n) is 3.32. The van der Waals surface area contributed by atoms with Crippen molar-refractivity contribution in [1.29, 1.82) is 0 Å². The highest BCUT2D eigenvalue weighted by Gasteiger charge is 2.34. The van der Waals surface area contributed by atoms with Crippen LogP contribution in [0, 0.1) is 5.51 Å². The average Bonchev–Trinajstić information content (AvgIpc) is 2.50.